The summed E-state index contributed by atoms with van der Waals surface area (Å²) < 4.78 is 77.3. The van der Waals surface area contributed by atoms with Crippen molar-refractivity contribution in [3.8, 4) is 34.5 Å². The topological polar surface area (TPSA) is 123 Å². The number of rotatable bonds is 16. The highest BCUT2D eigenvalue weighted by Crippen LogP contribution is 2.79. The zero-order chi connectivity index (χ0) is 43.8. The molecule has 1 aliphatic rings. The lowest BCUT2D eigenvalue weighted by Gasteiger charge is -2.33. The van der Waals surface area contributed by atoms with Crippen LogP contribution in [-0.4, -0.2) is 13.2 Å². The van der Waals surface area contributed by atoms with Crippen molar-refractivity contribution in [2.45, 2.75) is 55.4 Å². The van der Waals surface area contributed by atoms with Crippen LogP contribution >= 0.6 is 30.6 Å². The van der Waals surface area contributed by atoms with Crippen LogP contribution < -0.4 is 27.1 Å². The molecule has 62 heavy (non-hydrogen) atoms. The quantitative estimate of drug-likeness (QED) is 0.0880. The largest absolute Gasteiger partial charge is 0.460 e. The van der Waals surface area contributed by atoms with Gasteiger partial charge in [-0.25, -0.2) is 0 Å². The van der Waals surface area contributed by atoms with Crippen molar-refractivity contribution in [3.63, 3.8) is 0 Å². The summed E-state index contributed by atoms with van der Waals surface area (Å²) in [7, 11) is -16.6. The van der Waals surface area contributed by atoms with E-state index >= 15 is 0 Å². The summed E-state index contributed by atoms with van der Waals surface area (Å²) in [4.78, 5) is 0. The molecular formula is C46H52N4O8P4. The van der Waals surface area contributed by atoms with E-state index in [0.717, 1.165) is 33.4 Å². The number of aryl methyl sites for hydroxylation is 6. The molecule has 0 saturated carbocycles. The van der Waals surface area contributed by atoms with E-state index in [1.807, 2.05) is 201 Å². The third-order valence-electron chi connectivity index (χ3n) is 8.97. The molecule has 1 heterocycles. The maximum Gasteiger partial charge on any atom is 0.460 e. The van der Waals surface area contributed by atoms with Gasteiger partial charge in [-0.05, 0) is 128 Å². The Morgan fingerprint density at radius 2 is 0.435 bits per heavy atom. The van der Waals surface area contributed by atoms with Crippen LogP contribution in [0.25, 0.3) is 0 Å². The van der Waals surface area contributed by atoms with E-state index in [1.165, 1.54) is 0 Å². The van der Waals surface area contributed by atoms with Crippen molar-refractivity contribution in [1.82, 2.24) is 0 Å². The van der Waals surface area contributed by atoms with E-state index < -0.39 is 30.6 Å². The fourth-order valence-electron chi connectivity index (χ4n) is 5.81. The van der Waals surface area contributed by atoms with E-state index in [-0.39, 0.29) is 13.2 Å². The summed E-state index contributed by atoms with van der Waals surface area (Å²) in [6.45, 7) is 15.9. The van der Waals surface area contributed by atoms with Crippen LogP contribution in [0.2, 0.25) is 0 Å². The third kappa shape index (κ3) is 11.7. The molecule has 324 valence electrons. The van der Waals surface area contributed by atoms with Crippen LogP contribution in [0, 0.1) is 41.5 Å². The molecule has 0 radical (unpaired) electrons. The molecular weight excluding hydrogens is 860 g/mol. The van der Waals surface area contributed by atoms with Crippen molar-refractivity contribution < 1.29 is 36.2 Å². The van der Waals surface area contributed by atoms with Gasteiger partial charge in [0.15, 0.2) is 0 Å². The monoisotopic (exact) mass is 912 g/mol. The molecule has 0 amide bonds. The average Bonchev–Trinajstić information content (AvgIpc) is 3.23. The van der Waals surface area contributed by atoms with Gasteiger partial charge in [0.2, 0.25) is 0 Å². The summed E-state index contributed by atoms with van der Waals surface area (Å²) in [6.07, 6.45) is 0. The summed E-state index contributed by atoms with van der Waals surface area (Å²) in [5.74, 6) is 2.43. The van der Waals surface area contributed by atoms with Gasteiger partial charge in [0.25, 0.3) is 0 Å². The van der Waals surface area contributed by atoms with Crippen LogP contribution in [0.5, 0.6) is 34.5 Å². The molecule has 0 spiro atoms. The Balaban J connectivity index is 1.67. The predicted molar refractivity (Wildman–Crippen MR) is 251 cm³/mol. The van der Waals surface area contributed by atoms with Crippen molar-refractivity contribution in [1.29, 1.82) is 0 Å². The Hall–Kier alpha value is -5.04. The molecule has 6 aromatic rings. The molecule has 6 aromatic carbocycles. The Morgan fingerprint density at radius 3 is 0.613 bits per heavy atom. The zero-order valence-electron chi connectivity index (χ0n) is 36.1. The standard InChI is InChI=1S/C46H52N4O8P4/c1-9-51-59(52-10-2)47-60(53-41-23-11-35(3)12-24-41,54-42-25-13-36(4)14-26-42)49-62(57-45-31-19-39(7)20-32-45,58-46-33-21-40(8)22-34-46)50-61(48-59,55-43-27-15-37(5)16-28-43)56-44-29-17-38(6)18-30-44/h11-34H,9-10H2,1-8H3. The Kier molecular flexibility index (Phi) is 14.2. The van der Waals surface area contributed by atoms with Gasteiger partial charge in [0.1, 0.15) is 34.5 Å². The minimum atomic E-state index is -4.29. The van der Waals surface area contributed by atoms with Gasteiger partial charge in [0, 0.05) is 0 Å². The summed E-state index contributed by atoms with van der Waals surface area (Å²) in [5.41, 5.74) is 6.12. The van der Waals surface area contributed by atoms with Gasteiger partial charge in [-0.15, -0.1) is 9.03 Å². The average molecular weight is 913 g/mol. The first kappa shape index (κ1) is 45.0. The fraction of sp³-hybridized carbons (Fsp3) is 0.217. The minimum Gasteiger partial charge on any atom is -0.413 e. The highest BCUT2D eigenvalue weighted by Gasteiger charge is 2.48. The number of hydrogen-bond donors (Lipinski definition) is 0. The maximum atomic E-state index is 7.10. The molecule has 1 aliphatic heterocycles. The first-order valence-electron chi connectivity index (χ1n) is 20.2. The van der Waals surface area contributed by atoms with Crippen LogP contribution in [0.15, 0.2) is 164 Å². The van der Waals surface area contributed by atoms with Crippen molar-refractivity contribution in [2.75, 3.05) is 13.2 Å². The predicted octanol–water partition coefficient (Wildman–Crippen LogP) is 16.2. The molecule has 7 rings (SSSR count). The number of hydrogen-bond acceptors (Lipinski definition) is 12. The van der Waals surface area contributed by atoms with E-state index in [0.29, 0.717) is 34.5 Å². The first-order valence-corrected chi connectivity index (χ1v) is 26.3. The normalized spacial score (nSPS) is 15.7. The van der Waals surface area contributed by atoms with E-state index in [4.69, 9.17) is 54.3 Å². The highest BCUT2D eigenvalue weighted by atomic mass is 31.3. The van der Waals surface area contributed by atoms with Gasteiger partial charge in [-0.3, -0.25) is 0 Å². The van der Waals surface area contributed by atoms with E-state index in [2.05, 4.69) is 0 Å². The summed E-state index contributed by atoms with van der Waals surface area (Å²) >= 11 is 0. The maximum absolute atomic E-state index is 7.10. The molecule has 0 aliphatic carbocycles. The molecule has 0 bridgehead atoms. The first-order chi connectivity index (χ1) is 29.8. The van der Waals surface area contributed by atoms with Gasteiger partial charge in [-0.1, -0.05) is 115 Å². The van der Waals surface area contributed by atoms with Gasteiger partial charge in [0.05, 0.1) is 13.2 Å². The molecule has 0 unspecified atom stereocenters. The second-order valence-electron chi connectivity index (χ2n) is 14.6. The minimum absolute atomic E-state index is 0.130. The molecule has 0 aromatic heterocycles. The van der Waals surface area contributed by atoms with Crippen LogP contribution in [-0.2, 0) is 9.05 Å². The number of benzene rings is 6. The van der Waals surface area contributed by atoms with Gasteiger partial charge >= 0.3 is 30.6 Å². The summed E-state index contributed by atoms with van der Waals surface area (Å²) in [6, 6.07) is 45.1. The van der Waals surface area contributed by atoms with Crippen molar-refractivity contribution >= 4 is 30.6 Å². The Labute approximate surface area is 365 Å². The third-order valence-corrected chi connectivity index (χ3v) is 20.1. The highest BCUT2D eigenvalue weighted by molar-refractivity contribution is 7.79. The molecule has 0 fully saturated rings. The molecule has 12 nitrogen and oxygen atoms in total. The van der Waals surface area contributed by atoms with Crippen LogP contribution in [0.1, 0.15) is 47.2 Å². The van der Waals surface area contributed by atoms with Crippen LogP contribution in [0.3, 0.4) is 0 Å². The number of nitrogens with zero attached hydrogens (tertiary/aromatic N) is 4. The SMILES string of the molecule is CCOP1(OCC)=NP(Oc2ccc(C)cc2)(Oc2ccc(C)cc2)=NP(Oc2ccc(C)cc2)(Oc2ccc(C)cc2)=NP(Oc2ccc(C)cc2)(Oc2ccc(C)cc2)=N1. The second kappa shape index (κ2) is 19.6. The molecule has 16 heteroatoms. The van der Waals surface area contributed by atoms with E-state index in [9.17, 15) is 0 Å². The lowest BCUT2D eigenvalue weighted by atomic mass is 10.2. The lowest BCUT2D eigenvalue weighted by molar-refractivity contribution is 0.259. The fourth-order valence-corrected chi connectivity index (χ4v) is 18.1. The lowest BCUT2D eigenvalue weighted by Crippen LogP contribution is -2.10. The molecule has 0 N–H and O–H groups in total. The Morgan fingerprint density at radius 1 is 0.274 bits per heavy atom. The Bertz CT molecular complexity index is 2430. The van der Waals surface area contributed by atoms with E-state index in [1.54, 1.807) is 0 Å². The zero-order valence-corrected chi connectivity index (χ0v) is 39.7. The van der Waals surface area contributed by atoms with Crippen molar-refractivity contribution in [3.05, 3.63) is 179 Å². The molecule has 0 atom stereocenters. The molecule has 0 saturated heterocycles. The van der Waals surface area contributed by atoms with Gasteiger partial charge in [-0.2, -0.15) is 0 Å². The second-order valence-corrected chi connectivity index (χ2v) is 23.0. The smallest absolute Gasteiger partial charge is 0.413 e. The van der Waals surface area contributed by atoms with Crippen LogP contribution in [0.4, 0.5) is 0 Å². The van der Waals surface area contributed by atoms with Gasteiger partial charge < -0.3 is 36.2 Å². The van der Waals surface area contributed by atoms with Crippen molar-refractivity contribution in [2.24, 2.45) is 18.1 Å². The summed E-state index contributed by atoms with van der Waals surface area (Å²) in [5, 5.41) is 0.